The van der Waals surface area contributed by atoms with E-state index in [0.717, 1.165) is 10.5 Å². The number of rotatable bonds is 10. The average molecular weight is 462 g/mol. The minimum atomic E-state index is -1.01. The molecular formula is C24H35N3O6. The lowest BCUT2D eigenvalue weighted by Gasteiger charge is -2.28. The summed E-state index contributed by atoms with van der Waals surface area (Å²) in [6, 6.07) is 7.34. The lowest BCUT2D eigenvalue weighted by Crippen LogP contribution is -2.53. The first kappa shape index (κ1) is 26.3. The van der Waals surface area contributed by atoms with E-state index in [1.807, 2.05) is 30.3 Å². The molecule has 182 valence electrons. The van der Waals surface area contributed by atoms with Crippen LogP contribution in [-0.4, -0.2) is 72.1 Å². The van der Waals surface area contributed by atoms with Crippen molar-refractivity contribution in [3.05, 3.63) is 35.9 Å². The summed E-state index contributed by atoms with van der Waals surface area (Å²) in [7, 11) is 2.89. The Bertz CT molecular complexity index is 836. The number of carbonyl (C=O) groups is 4. The quantitative estimate of drug-likeness (QED) is 0.422. The molecule has 2 atom stereocenters. The van der Waals surface area contributed by atoms with E-state index in [1.165, 1.54) is 12.0 Å². The van der Waals surface area contributed by atoms with Gasteiger partial charge >= 0.3 is 18.0 Å². The van der Waals surface area contributed by atoms with Crippen LogP contribution in [0.25, 0.3) is 0 Å². The predicted molar refractivity (Wildman–Crippen MR) is 122 cm³/mol. The number of unbranched alkanes of at least 4 members (excludes halogenated alkanes) is 1. The molecule has 33 heavy (non-hydrogen) atoms. The maximum atomic E-state index is 13.5. The molecule has 3 amide bonds. The van der Waals surface area contributed by atoms with Crippen molar-refractivity contribution in [3.8, 4) is 0 Å². The average Bonchev–Trinajstić information content (AvgIpc) is 3.06. The smallest absolute Gasteiger partial charge is 0.331 e. The number of likely N-dealkylation sites (N-methyl/N-ethyl adjacent to an activating group) is 1. The molecule has 1 aromatic carbocycles. The van der Waals surface area contributed by atoms with Crippen molar-refractivity contribution in [2.75, 3.05) is 20.7 Å². The molecule has 1 aromatic rings. The van der Waals surface area contributed by atoms with Gasteiger partial charge in [-0.2, -0.15) is 0 Å². The lowest BCUT2D eigenvalue weighted by molar-refractivity contribution is -0.162. The first-order valence-corrected chi connectivity index (χ1v) is 11.2. The highest BCUT2D eigenvalue weighted by molar-refractivity contribution is 6.03. The lowest BCUT2D eigenvalue weighted by atomic mass is 10.1. The zero-order valence-corrected chi connectivity index (χ0v) is 20.1. The van der Waals surface area contributed by atoms with Gasteiger partial charge in [-0.05, 0) is 39.2 Å². The van der Waals surface area contributed by atoms with Crippen LogP contribution in [-0.2, 0) is 30.4 Å². The van der Waals surface area contributed by atoms with Gasteiger partial charge in [0.25, 0.3) is 0 Å². The van der Waals surface area contributed by atoms with E-state index in [1.54, 1.807) is 27.8 Å². The molecule has 1 N–H and O–H groups in total. The number of benzene rings is 1. The molecule has 2 rings (SSSR count). The SMILES string of the molecule is COC(=O)CCCC[C@H](NCc1ccccc1)C(=O)N1C(=O)N(C)C[C@H]1C(=O)OC(C)(C)C. The third kappa shape index (κ3) is 7.85. The van der Waals surface area contributed by atoms with E-state index < -0.39 is 35.6 Å². The Hall–Kier alpha value is -2.94. The molecule has 0 aromatic heterocycles. The van der Waals surface area contributed by atoms with Crippen LogP contribution in [0, 0.1) is 0 Å². The van der Waals surface area contributed by atoms with Crippen molar-refractivity contribution >= 4 is 23.9 Å². The second-order valence-corrected chi connectivity index (χ2v) is 9.16. The van der Waals surface area contributed by atoms with E-state index >= 15 is 0 Å². The van der Waals surface area contributed by atoms with Crippen molar-refractivity contribution in [3.63, 3.8) is 0 Å². The second-order valence-electron chi connectivity index (χ2n) is 9.16. The zero-order valence-electron chi connectivity index (χ0n) is 20.1. The minimum absolute atomic E-state index is 0.0766. The molecule has 1 aliphatic rings. The number of hydrogen-bond donors (Lipinski definition) is 1. The van der Waals surface area contributed by atoms with Gasteiger partial charge in [0.1, 0.15) is 5.60 Å². The van der Waals surface area contributed by atoms with Gasteiger partial charge < -0.3 is 19.7 Å². The van der Waals surface area contributed by atoms with E-state index in [0.29, 0.717) is 25.8 Å². The molecule has 0 aliphatic carbocycles. The van der Waals surface area contributed by atoms with Crippen LogP contribution in [0.1, 0.15) is 52.0 Å². The van der Waals surface area contributed by atoms with Crippen molar-refractivity contribution < 1.29 is 28.7 Å². The van der Waals surface area contributed by atoms with Crippen LogP contribution in [0.3, 0.4) is 0 Å². The highest BCUT2D eigenvalue weighted by Crippen LogP contribution is 2.21. The Morgan fingerprint density at radius 2 is 1.82 bits per heavy atom. The molecule has 0 saturated carbocycles. The van der Waals surface area contributed by atoms with Gasteiger partial charge in [-0.15, -0.1) is 0 Å². The van der Waals surface area contributed by atoms with Gasteiger partial charge in [-0.3, -0.25) is 9.59 Å². The molecule has 1 heterocycles. The molecule has 0 bridgehead atoms. The van der Waals surface area contributed by atoms with Crippen LogP contribution < -0.4 is 5.32 Å². The Balaban J connectivity index is 2.16. The maximum Gasteiger partial charge on any atom is 0.331 e. The van der Waals surface area contributed by atoms with Crippen LogP contribution in [0.2, 0.25) is 0 Å². The summed E-state index contributed by atoms with van der Waals surface area (Å²) in [6.45, 7) is 5.71. The van der Waals surface area contributed by atoms with Gasteiger partial charge in [0.15, 0.2) is 6.04 Å². The number of amides is 3. The molecule has 1 saturated heterocycles. The highest BCUT2D eigenvalue weighted by Gasteiger charge is 2.47. The summed E-state index contributed by atoms with van der Waals surface area (Å²) >= 11 is 0. The number of nitrogens with one attached hydrogen (secondary N) is 1. The van der Waals surface area contributed by atoms with Crippen molar-refractivity contribution in [1.82, 2.24) is 15.1 Å². The summed E-state index contributed by atoms with van der Waals surface area (Å²) in [4.78, 5) is 52.8. The van der Waals surface area contributed by atoms with Gasteiger partial charge in [0, 0.05) is 20.0 Å². The predicted octanol–water partition coefficient (Wildman–Crippen LogP) is 2.48. The zero-order chi connectivity index (χ0) is 24.6. The summed E-state index contributed by atoms with van der Waals surface area (Å²) in [5, 5.41) is 3.23. The fourth-order valence-electron chi connectivity index (χ4n) is 3.57. The van der Waals surface area contributed by atoms with Gasteiger partial charge in [0.05, 0.1) is 19.7 Å². The third-order valence-electron chi connectivity index (χ3n) is 5.25. The van der Waals surface area contributed by atoms with Gasteiger partial charge in [-0.25, -0.2) is 14.5 Å². The molecule has 9 heteroatoms. The number of carbonyl (C=O) groups excluding carboxylic acids is 4. The number of imide groups is 1. The van der Waals surface area contributed by atoms with E-state index in [2.05, 4.69) is 10.1 Å². The molecule has 1 fully saturated rings. The van der Waals surface area contributed by atoms with Crippen LogP contribution >= 0.6 is 0 Å². The van der Waals surface area contributed by atoms with Gasteiger partial charge in [-0.1, -0.05) is 36.8 Å². The van der Waals surface area contributed by atoms with Crippen molar-refractivity contribution in [2.24, 2.45) is 0 Å². The first-order valence-electron chi connectivity index (χ1n) is 11.2. The fraction of sp³-hybridized carbons (Fsp3) is 0.583. The monoisotopic (exact) mass is 461 g/mol. The first-order chi connectivity index (χ1) is 15.5. The third-order valence-corrected chi connectivity index (χ3v) is 5.25. The number of hydrogen-bond acceptors (Lipinski definition) is 7. The summed E-state index contributed by atoms with van der Waals surface area (Å²) < 4.78 is 10.1. The van der Waals surface area contributed by atoms with E-state index in [-0.39, 0.29) is 18.9 Å². The molecule has 9 nitrogen and oxygen atoms in total. The number of nitrogens with zero attached hydrogens (tertiary/aromatic N) is 2. The molecule has 1 aliphatic heterocycles. The molecular weight excluding hydrogens is 426 g/mol. The molecule has 0 unspecified atom stereocenters. The van der Waals surface area contributed by atoms with Crippen LogP contribution in [0.4, 0.5) is 4.79 Å². The maximum absolute atomic E-state index is 13.5. The fourth-order valence-corrected chi connectivity index (χ4v) is 3.57. The number of esters is 2. The van der Waals surface area contributed by atoms with Crippen LogP contribution in [0.5, 0.6) is 0 Å². The summed E-state index contributed by atoms with van der Waals surface area (Å²) in [5.74, 6) is -1.40. The Morgan fingerprint density at radius 1 is 1.15 bits per heavy atom. The van der Waals surface area contributed by atoms with Crippen molar-refractivity contribution in [2.45, 2.75) is 70.7 Å². The van der Waals surface area contributed by atoms with Gasteiger partial charge in [0.2, 0.25) is 5.91 Å². The number of ether oxygens (including phenoxy) is 2. The topological polar surface area (TPSA) is 105 Å². The van der Waals surface area contributed by atoms with Crippen molar-refractivity contribution in [1.29, 1.82) is 0 Å². The highest BCUT2D eigenvalue weighted by atomic mass is 16.6. The van der Waals surface area contributed by atoms with E-state index in [9.17, 15) is 19.2 Å². The number of urea groups is 1. The second kappa shape index (κ2) is 11.8. The Kier molecular flexibility index (Phi) is 9.40. The normalized spacial score (nSPS) is 17.1. The summed E-state index contributed by atoms with van der Waals surface area (Å²) in [6.07, 6.45) is 1.77. The standard InChI is InChI=1S/C24H35N3O6/c1-24(2,3)33-22(30)19-16-26(4)23(31)27(19)21(29)18(13-9-10-14-20(28)32-5)25-15-17-11-7-6-8-12-17/h6-8,11-12,18-19,25H,9-10,13-16H2,1-5H3/t18-,19-/m0/s1. The molecule has 0 spiro atoms. The van der Waals surface area contributed by atoms with Crippen LogP contribution in [0.15, 0.2) is 30.3 Å². The molecule has 0 radical (unpaired) electrons. The largest absolute Gasteiger partial charge is 0.469 e. The van der Waals surface area contributed by atoms with E-state index in [4.69, 9.17) is 4.74 Å². The minimum Gasteiger partial charge on any atom is -0.469 e. The Morgan fingerprint density at radius 3 is 2.42 bits per heavy atom. The number of methoxy groups -OCH3 is 1. The Labute approximate surface area is 195 Å². The summed E-state index contributed by atoms with van der Waals surface area (Å²) in [5.41, 5.74) is 0.243.